The zero-order chi connectivity index (χ0) is 19.3. The molecule has 26 heavy (non-hydrogen) atoms. The molecule has 0 spiro atoms. The molecule has 8 nitrogen and oxygen atoms in total. The number of rotatable bonds is 6. The summed E-state index contributed by atoms with van der Waals surface area (Å²) in [5, 5.41) is 16.4. The highest BCUT2D eigenvalue weighted by molar-refractivity contribution is 5.98. The molecule has 0 aliphatic rings. The molecule has 1 atom stereocenters. The van der Waals surface area contributed by atoms with Crippen molar-refractivity contribution in [1.29, 1.82) is 0 Å². The molecule has 2 aromatic rings. The van der Waals surface area contributed by atoms with Crippen LogP contribution in [0.5, 0.6) is 0 Å². The van der Waals surface area contributed by atoms with Crippen molar-refractivity contribution in [3.05, 3.63) is 63.7 Å². The SMILES string of the molecule is CNc1ccc(C(=O)OC(C)C(=O)Nc2ccccc2C)cc1[N+](=O)[O-]. The van der Waals surface area contributed by atoms with Crippen LogP contribution in [0.25, 0.3) is 0 Å². The Labute approximate surface area is 150 Å². The lowest BCUT2D eigenvalue weighted by molar-refractivity contribution is -0.384. The number of esters is 1. The fraction of sp³-hybridized carbons (Fsp3) is 0.222. The molecule has 0 radical (unpaired) electrons. The van der Waals surface area contributed by atoms with Crippen LogP contribution in [0.2, 0.25) is 0 Å². The van der Waals surface area contributed by atoms with Crippen molar-refractivity contribution in [3.63, 3.8) is 0 Å². The maximum absolute atomic E-state index is 12.2. The number of nitrogens with zero attached hydrogens (tertiary/aromatic N) is 1. The third-order valence-corrected chi connectivity index (χ3v) is 3.76. The number of amides is 1. The van der Waals surface area contributed by atoms with E-state index in [1.807, 2.05) is 19.1 Å². The van der Waals surface area contributed by atoms with Crippen LogP contribution in [-0.2, 0) is 9.53 Å². The quantitative estimate of drug-likeness (QED) is 0.467. The van der Waals surface area contributed by atoms with Crippen LogP contribution in [0.1, 0.15) is 22.8 Å². The summed E-state index contributed by atoms with van der Waals surface area (Å²) in [7, 11) is 1.54. The minimum atomic E-state index is -1.06. The van der Waals surface area contributed by atoms with Crippen LogP contribution >= 0.6 is 0 Å². The number of nitrogens with one attached hydrogen (secondary N) is 2. The van der Waals surface area contributed by atoms with Gasteiger partial charge in [-0.25, -0.2) is 4.79 Å². The maximum atomic E-state index is 12.2. The van der Waals surface area contributed by atoms with E-state index in [1.54, 1.807) is 12.1 Å². The molecule has 0 saturated carbocycles. The standard InChI is InChI=1S/C18H19N3O5/c1-11-6-4-5-7-14(11)20-17(22)12(2)26-18(23)13-8-9-15(19-3)16(10-13)21(24)25/h4-10,12,19H,1-3H3,(H,20,22). The Morgan fingerprint density at radius 2 is 1.85 bits per heavy atom. The molecule has 2 aromatic carbocycles. The van der Waals surface area contributed by atoms with Gasteiger partial charge in [-0.05, 0) is 37.6 Å². The summed E-state index contributed by atoms with van der Waals surface area (Å²) < 4.78 is 5.12. The second kappa shape index (κ2) is 8.11. The lowest BCUT2D eigenvalue weighted by Crippen LogP contribution is -2.30. The van der Waals surface area contributed by atoms with Crippen LogP contribution in [-0.4, -0.2) is 30.0 Å². The van der Waals surface area contributed by atoms with Crippen molar-refractivity contribution < 1.29 is 19.2 Å². The summed E-state index contributed by atoms with van der Waals surface area (Å²) in [5.74, 6) is -1.31. The summed E-state index contributed by atoms with van der Waals surface area (Å²) >= 11 is 0. The van der Waals surface area contributed by atoms with Crippen molar-refractivity contribution >= 4 is 28.9 Å². The van der Waals surface area contributed by atoms with E-state index in [0.29, 0.717) is 5.69 Å². The number of anilines is 2. The molecule has 0 aliphatic carbocycles. The highest BCUT2D eigenvalue weighted by Crippen LogP contribution is 2.25. The maximum Gasteiger partial charge on any atom is 0.339 e. The number of aryl methyl sites for hydroxylation is 1. The third kappa shape index (κ3) is 4.35. The average Bonchev–Trinajstić information content (AvgIpc) is 2.62. The van der Waals surface area contributed by atoms with E-state index in [0.717, 1.165) is 11.6 Å². The number of benzene rings is 2. The number of hydrogen-bond acceptors (Lipinski definition) is 6. The molecule has 136 valence electrons. The Bertz CT molecular complexity index is 850. The van der Waals surface area contributed by atoms with Crippen LogP contribution in [0.3, 0.4) is 0 Å². The van der Waals surface area contributed by atoms with Gasteiger partial charge in [-0.15, -0.1) is 0 Å². The van der Waals surface area contributed by atoms with E-state index in [2.05, 4.69) is 10.6 Å². The largest absolute Gasteiger partial charge is 0.449 e. The molecule has 0 bridgehead atoms. The first-order valence-corrected chi connectivity index (χ1v) is 7.87. The third-order valence-electron chi connectivity index (χ3n) is 3.76. The number of ether oxygens (including phenoxy) is 1. The Balaban J connectivity index is 2.09. The van der Waals surface area contributed by atoms with Gasteiger partial charge in [0, 0.05) is 18.8 Å². The molecule has 0 heterocycles. The fourth-order valence-corrected chi connectivity index (χ4v) is 2.25. The van der Waals surface area contributed by atoms with E-state index in [4.69, 9.17) is 4.74 Å². The fourth-order valence-electron chi connectivity index (χ4n) is 2.25. The molecule has 8 heteroatoms. The molecular weight excluding hydrogens is 338 g/mol. The molecular formula is C18H19N3O5. The number of nitro groups is 1. The van der Waals surface area contributed by atoms with Gasteiger partial charge in [0.05, 0.1) is 10.5 Å². The normalized spacial score (nSPS) is 11.3. The highest BCUT2D eigenvalue weighted by atomic mass is 16.6. The van der Waals surface area contributed by atoms with Gasteiger partial charge < -0.3 is 15.4 Å². The van der Waals surface area contributed by atoms with Gasteiger partial charge in [0.15, 0.2) is 6.10 Å². The predicted octanol–water partition coefficient (Wildman–Crippen LogP) is 3.13. The predicted molar refractivity (Wildman–Crippen MR) is 97.3 cm³/mol. The molecule has 2 rings (SSSR count). The smallest absolute Gasteiger partial charge is 0.339 e. The average molecular weight is 357 g/mol. The lowest BCUT2D eigenvalue weighted by atomic mass is 10.1. The van der Waals surface area contributed by atoms with Gasteiger partial charge in [0.1, 0.15) is 5.69 Å². The van der Waals surface area contributed by atoms with Gasteiger partial charge in [-0.3, -0.25) is 14.9 Å². The van der Waals surface area contributed by atoms with Gasteiger partial charge in [-0.1, -0.05) is 18.2 Å². The number of nitro benzene ring substituents is 1. The Hall–Kier alpha value is -3.42. The van der Waals surface area contributed by atoms with E-state index < -0.39 is 22.9 Å². The summed E-state index contributed by atoms with van der Waals surface area (Å²) in [5.41, 5.74) is 1.51. The summed E-state index contributed by atoms with van der Waals surface area (Å²) in [6.07, 6.45) is -1.06. The van der Waals surface area contributed by atoms with Gasteiger partial charge in [-0.2, -0.15) is 0 Å². The number of para-hydroxylation sites is 1. The van der Waals surface area contributed by atoms with E-state index >= 15 is 0 Å². The molecule has 0 saturated heterocycles. The Morgan fingerprint density at radius 1 is 1.15 bits per heavy atom. The van der Waals surface area contributed by atoms with Gasteiger partial charge in [0.2, 0.25) is 0 Å². The van der Waals surface area contributed by atoms with Crippen molar-refractivity contribution in [3.8, 4) is 0 Å². The van der Waals surface area contributed by atoms with Crippen LogP contribution in [0.4, 0.5) is 17.1 Å². The van der Waals surface area contributed by atoms with Gasteiger partial charge in [0.25, 0.3) is 11.6 Å². The minimum absolute atomic E-state index is 0.00811. The Kier molecular flexibility index (Phi) is 5.90. The Morgan fingerprint density at radius 3 is 2.46 bits per heavy atom. The van der Waals surface area contributed by atoms with E-state index in [9.17, 15) is 19.7 Å². The zero-order valence-electron chi connectivity index (χ0n) is 14.6. The molecule has 2 N–H and O–H groups in total. The van der Waals surface area contributed by atoms with Crippen molar-refractivity contribution in [2.45, 2.75) is 20.0 Å². The zero-order valence-corrected chi connectivity index (χ0v) is 14.6. The lowest BCUT2D eigenvalue weighted by Gasteiger charge is -2.15. The van der Waals surface area contributed by atoms with Crippen molar-refractivity contribution in [1.82, 2.24) is 0 Å². The van der Waals surface area contributed by atoms with E-state index in [-0.39, 0.29) is 16.9 Å². The highest BCUT2D eigenvalue weighted by Gasteiger charge is 2.22. The number of carbonyl (C=O) groups excluding carboxylic acids is 2. The number of hydrogen-bond donors (Lipinski definition) is 2. The monoisotopic (exact) mass is 357 g/mol. The molecule has 0 aromatic heterocycles. The molecule has 1 unspecified atom stereocenters. The summed E-state index contributed by atoms with van der Waals surface area (Å²) in [4.78, 5) is 34.9. The summed E-state index contributed by atoms with van der Waals surface area (Å²) in [6, 6.07) is 11.1. The van der Waals surface area contributed by atoms with Crippen LogP contribution < -0.4 is 10.6 Å². The second-order valence-corrected chi connectivity index (χ2v) is 5.59. The first-order valence-electron chi connectivity index (χ1n) is 7.87. The topological polar surface area (TPSA) is 111 Å². The molecule has 0 fully saturated rings. The molecule has 0 aliphatic heterocycles. The summed E-state index contributed by atoms with van der Waals surface area (Å²) in [6.45, 7) is 3.27. The molecule has 1 amide bonds. The first-order chi connectivity index (χ1) is 12.3. The first kappa shape index (κ1) is 18.9. The number of carbonyl (C=O) groups is 2. The van der Waals surface area contributed by atoms with Crippen LogP contribution in [0.15, 0.2) is 42.5 Å². The van der Waals surface area contributed by atoms with Crippen molar-refractivity contribution in [2.24, 2.45) is 0 Å². The second-order valence-electron chi connectivity index (χ2n) is 5.59. The van der Waals surface area contributed by atoms with E-state index in [1.165, 1.54) is 26.1 Å². The minimum Gasteiger partial charge on any atom is -0.449 e. The van der Waals surface area contributed by atoms with Crippen LogP contribution in [0, 0.1) is 17.0 Å². The van der Waals surface area contributed by atoms with Crippen molar-refractivity contribution in [2.75, 3.05) is 17.7 Å². The van der Waals surface area contributed by atoms with Gasteiger partial charge >= 0.3 is 5.97 Å².